The molecule has 0 saturated carbocycles. The van der Waals surface area contributed by atoms with E-state index in [2.05, 4.69) is 5.32 Å². The first-order valence-electron chi connectivity index (χ1n) is 7.30. The van der Waals surface area contributed by atoms with E-state index >= 15 is 0 Å². The van der Waals surface area contributed by atoms with E-state index in [0.717, 1.165) is 6.07 Å². The molecule has 0 aliphatic heterocycles. The van der Waals surface area contributed by atoms with Crippen LogP contribution in [0.4, 0.5) is 13.6 Å². The van der Waals surface area contributed by atoms with E-state index in [1.807, 2.05) is 0 Å². The van der Waals surface area contributed by atoms with Crippen molar-refractivity contribution in [3.05, 3.63) is 34.9 Å². The van der Waals surface area contributed by atoms with Gasteiger partial charge in [0.15, 0.2) is 0 Å². The molecule has 3 N–H and O–H groups in total. The molecule has 0 saturated heterocycles. The van der Waals surface area contributed by atoms with Gasteiger partial charge in [0.05, 0.1) is 6.10 Å². The minimum atomic E-state index is -1.52. The Labute approximate surface area is 134 Å². The van der Waals surface area contributed by atoms with Gasteiger partial charge in [-0.15, -0.1) is 0 Å². The van der Waals surface area contributed by atoms with Crippen LogP contribution in [0.3, 0.4) is 0 Å². The van der Waals surface area contributed by atoms with E-state index in [9.17, 15) is 23.8 Å². The van der Waals surface area contributed by atoms with Gasteiger partial charge in [0.25, 0.3) is 0 Å². The highest BCUT2D eigenvalue weighted by Crippen LogP contribution is 2.24. The Hall–Kier alpha value is -1.73. The molecule has 1 rings (SSSR count). The van der Waals surface area contributed by atoms with Crippen molar-refractivity contribution in [1.29, 1.82) is 0 Å². The summed E-state index contributed by atoms with van der Waals surface area (Å²) < 4.78 is 31.9. The molecule has 0 bridgehead atoms. The number of hydrogen-bond acceptors (Lipinski definition) is 4. The van der Waals surface area contributed by atoms with Crippen molar-refractivity contribution in [2.24, 2.45) is 0 Å². The number of alkyl carbamates (subject to hydrolysis) is 1. The summed E-state index contributed by atoms with van der Waals surface area (Å²) in [5.74, 6) is -1.65. The summed E-state index contributed by atoms with van der Waals surface area (Å²) in [6, 6.07) is 1.82. The van der Waals surface area contributed by atoms with E-state index in [-0.39, 0.29) is 24.1 Å². The molecule has 0 fully saturated rings. The highest BCUT2D eigenvalue weighted by atomic mass is 19.1. The Balaban J connectivity index is 2.57. The van der Waals surface area contributed by atoms with Crippen molar-refractivity contribution >= 4 is 6.09 Å². The predicted molar refractivity (Wildman–Crippen MR) is 80.9 cm³/mol. The zero-order chi connectivity index (χ0) is 17.8. The number of amides is 1. The second kappa shape index (κ2) is 7.70. The first-order chi connectivity index (χ1) is 10.5. The van der Waals surface area contributed by atoms with Gasteiger partial charge in [-0.3, -0.25) is 0 Å². The zero-order valence-corrected chi connectivity index (χ0v) is 13.7. The normalized spacial score (nSPS) is 14.3. The lowest BCUT2D eigenvalue weighted by molar-refractivity contribution is 0.0103. The molecule has 0 aliphatic carbocycles. The number of carbonyl (C=O) groups is 1. The average Bonchev–Trinajstić information content (AvgIpc) is 2.40. The molecular formula is C16H23F2NO4. The number of aryl methyl sites for hydroxylation is 1. The van der Waals surface area contributed by atoms with Crippen molar-refractivity contribution in [1.82, 2.24) is 5.32 Å². The van der Waals surface area contributed by atoms with Crippen LogP contribution in [-0.4, -0.2) is 34.6 Å². The molecule has 5 nitrogen and oxygen atoms in total. The number of nitrogens with one attached hydrogen (secondary N) is 1. The third-order valence-electron chi connectivity index (χ3n) is 3.07. The minimum absolute atomic E-state index is 0.0176. The van der Waals surface area contributed by atoms with Gasteiger partial charge in [-0.05, 0) is 45.7 Å². The first kappa shape index (κ1) is 19.3. The molecular weight excluding hydrogens is 308 g/mol. The van der Waals surface area contributed by atoms with E-state index in [4.69, 9.17) is 4.74 Å². The largest absolute Gasteiger partial charge is 0.444 e. The van der Waals surface area contributed by atoms with E-state index in [0.29, 0.717) is 6.07 Å². The van der Waals surface area contributed by atoms with Gasteiger partial charge in [-0.25, -0.2) is 13.6 Å². The maximum atomic E-state index is 13.7. The molecule has 0 spiro atoms. The number of aliphatic hydroxyl groups excluding tert-OH is 2. The predicted octanol–water partition coefficient (Wildman–Crippen LogP) is 2.58. The van der Waals surface area contributed by atoms with Crippen molar-refractivity contribution in [3.8, 4) is 0 Å². The van der Waals surface area contributed by atoms with Crippen LogP contribution in [0, 0.1) is 18.6 Å². The van der Waals surface area contributed by atoms with Crippen LogP contribution in [-0.2, 0) is 4.74 Å². The summed E-state index contributed by atoms with van der Waals surface area (Å²) in [5.41, 5.74) is -0.662. The van der Waals surface area contributed by atoms with E-state index in [1.54, 1.807) is 20.8 Å². The zero-order valence-electron chi connectivity index (χ0n) is 13.7. The van der Waals surface area contributed by atoms with Gasteiger partial charge in [-0.2, -0.15) is 0 Å². The molecule has 130 valence electrons. The van der Waals surface area contributed by atoms with Crippen LogP contribution in [0.15, 0.2) is 12.1 Å². The van der Waals surface area contributed by atoms with Crippen molar-refractivity contribution in [2.45, 2.75) is 51.9 Å². The van der Waals surface area contributed by atoms with Crippen molar-refractivity contribution < 1.29 is 28.5 Å². The second-order valence-corrected chi connectivity index (χ2v) is 6.35. The van der Waals surface area contributed by atoms with Gasteiger partial charge < -0.3 is 20.3 Å². The molecule has 0 aliphatic rings. The number of ether oxygens (including phenoxy) is 1. The topological polar surface area (TPSA) is 78.8 Å². The standard InChI is InChI=1S/C16H23F2NO4/c1-9-7-10(12(18)8-11(9)17)14(21)13(20)5-6-19-15(22)23-16(2,3)4/h7-8,13-14,20-21H,5-6H2,1-4H3,(H,19,22). The molecule has 1 aromatic carbocycles. The minimum Gasteiger partial charge on any atom is -0.444 e. The highest BCUT2D eigenvalue weighted by molar-refractivity contribution is 5.67. The fourth-order valence-electron chi connectivity index (χ4n) is 1.91. The van der Waals surface area contributed by atoms with Gasteiger partial charge in [0, 0.05) is 18.2 Å². The molecule has 0 aromatic heterocycles. The van der Waals surface area contributed by atoms with Crippen LogP contribution in [0.1, 0.15) is 44.4 Å². The summed E-state index contributed by atoms with van der Waals surface area (Å²) in [4.78, 5) is 11.4. The fraction of sp³-hybridized carbons (Fsp3) is 0.562. The molecule has 7 heteroatoms. The summed E-state index contributed by atoms with van der Waals surface area (Å²) in [6.07, 6.45) is -3.50. The summed E-state index contributed by atoms with van der Waals surface area (Å²) >= 11 is 0. The lowest BCUT2D eigenvalue weighted by Crippen LogP contribution is -2.34. The Morgan fingerprint density at radius 3 is 2.43 bits per heavy atom. The van der Waals surface area contributed by atoms with E-state index < -0.39 is 35.5 Å². The van der Waals surface area contributed by atoms with Crippen LogP contribution in [0.2, 0.25) is 0 Å². The fourth-order valence-corrected chi connectivity index (χ4v) is 1.91. The Kier molecular flexibility index (Phi) is 6.47. The summed E-state index contributed by atoms with van der Waals surface area (Å²) in [5, 5.41) is 22.3. The number of hydrogen-bond donors (Lipinski definition) is 3. The highest BCUT2D eigenvalue weighted by Gasteiger charge is 2.23. The second-order valence-electron chi connectivity index (χ2n) is 6.35. The maximum absolute atomic E-state index is 13.7. The number of rotatable bonds is 5. The van der Waals surface area contributed by atoms with Crippen LogP contribution >= 0.6 is 0 Å². The summed E-state index contributed by atoms with van der Waals surface area (Å²) in [7, 11) is 0. The maximum Gasteiger partial charge on any atom is 0.407 e. The lowest BCUT2D eigenvalue weighted by atomic mass is 9.99. The molecule has 23 heavy (non-hydrogen) atoms. The quantitative estimate of drug-likeness (QED) is 0.775. The number of carbonyl (C=O) groups excluding carboxylic acids is 1. The van der Waals surface area contributed by atoms with Gasteiger partial charge >= 0.3 is 6.09 Å². The number of aliphatic hydroxyl groups is 2. The smallest absolute Gasteiger partial charge is 0.407 e. The van der Waals surface area contributed by atoms with Gasteiger partial charge in [0.2, 0.25) is 0 Å². The number of benzene rings is 1. The van der Waals surface area contributed by atoms with E-state index in [1.165, 1.54) is 6.92 Å². The molecule has 1 amide bonds. The van der Waals surface area contributed by atoms with Gasteiger partial charge in [-0.1, -0.05) is 0 Å². The monoisotopic (exact) mass is 331 g/mol. The molecule has 0 radical (unpaired) electrons. The number of halogens is 2. The Morgan fingerprint density at radius 1 is 1.26 bits per heavy atom. The summed E-state index contributed by atoms with van der Waals surface area (Å²) in [6.45, 7) is 6.61. The van der Waals surface area contributed by atoms with Crippen LogP contribution in [0.5, 0.6) is 0 Å². The van der Waals surface area contributed by atoms with Gasteiger partial charge in [0.1, 0.15) is 23.3 Å². The Morgan fingerprint density at radius 2 is 1.87 bits per heavy atom. The lowest BCUT2D eigenvalue weighted by Gasteiger charge is -2.21. The van der Waals surface area contributed by atoms with Crippen molar-refractivity contribution in [2.75, 3.05) is 6.54 Å². The first-order valence-corrected chi connectivity index (χ1v) is 7.30. The Bertz CT molecular complexity index is 558. The average molecular weight is 331 g/mol. The molecule has 0 heterocycles. The molecule has 2 atom stereocenters. The van der Waals surface area contributed by atoms with Crippen molar-refractivity contribution in [3.63, 3.8) is 0 Å². The van der Waals surface area contributed by atoms with Crippen LogP contribution < -0.4 is 5.32 Å². The molecule has 2 unspecified atom stereocenters. The molecule has 1 aromatic rings. The third kappa shape index (κ3) is 6.11. The van der Waals surface area contributed by atoms with Crippen LogP contribution in [0.25, 0.3) is 0 Å². The third-order valence-corrected chi connectivity index (χ3v) is 3.07. The SMILES string of the molecule is Cc1cc(C(O)C(O)CCNC(=O)OC(C)(C)C)c(F)cc1F.